The molecule has 0 fully saturated rings. The highest BCUT2D eigenvalue weighted by Gasteiger charge is 2.27. The third kappa shape index (κ3) is 7.17. The van der Waals surface area contributed by atoms with Crippen LogP contribution in [-0.4, -0.2) is 49.9 Å². The van der Waals surface area contributed by atoms with Gasteiger partial charge in [0.1, 0.15) is 6.54 Å². The van der Waals surface area contributed by atoms with Crippen LogP contribution in [0.5, 0.6) is 5.75 Å². The summed E-state index contributed by atoms with van der Waals surface area (Å²) in [6.07, 6.45) is 4.06. The van der Waals surface area contributed by atoms with Gasteiger partial charge < -0.3 is 19.2 Å². The normalized spacial score (nSPS) is 14.1. The maximum absolute atomic E-state index is 10.1. The van der Waals surface area contributed by atoms with Gasteiger partial charge >= 0.3 is 0 Å². The van der Waals surface area contributed by atoms with Gasteiger partial charge in [0.25, 0.3) is 5.70 Å². The van der Waals surface area contributed by atoms with Gasteiger partial charge in [-0.1, -0.05) is 48.5 Å². The van der Waals surface area contributed by atoms with Crippen LogP contribution in [0.1, 0.15) is 17.5 Å². The Morgan fingerprint density at radius 3 is 2.35 bits per heavy atom. The fourth-order valence-corrected chi connectivity index (χ4v) is 4.90. The number of anilines is 1. The number of hydrogen-bond acceptors (Lipinski definition) is 6. The molecule has 3 aromatic rings. The molecule has 212 valence electrons. The lowest BCUT2D eigenvalue weighted by Crippen LogP contribution is -2.43. The van der Waals surface area contributed by atoms with E-state index in [-0.39, 0.29) is 23.5 Å². The minimum absolute atomic E-state index is 0.111. The van der Waals surface area contributed by atoms with Crippen LogP contribution in [0, 0.1) is 40.6 Å². The predicted octanol–water partition coefficient (Wildman–Crippen LogP) is 6.03. The van der Waals surface area contributed by atoms with E-state index < -0.39 is 0 Å². The van der Waals surface area contributed by atoms with E-state index in [4.69, 9.17) is 11.3 Å². The number of quaternary nitrogens is 1. The van der Waals surface area contributed by atoms with E-state index in [1.54, 1.807) is 36.4 Å². The first-order chi connectivity index (χ1) is 20.8. The molecule has 0 aliphatic carbocycles. The number of hydrogen-bond donors (Lipinski definition) is 1. The van der Waals surface area contributed by atoms with E-state index in [0.717, 1.165) is 29.8 Å². The third-order valence-electron chi connectivity index (χ3n) is 7.23. The third-order valence-corrected chi connectivity index (χ3v) is 7.23. The van der Waals surface area contributed by atoms with E-state index in [1.165, 1.54) is 0 Å². The molecule has 43 heavy (non-hydrogen) atoms. The molecule has 0 aromatic heterocycles. The molecule has 3 aromatic carbocycles. The van der Waals surface area contributed by atoms with Gasteiger partial charge in [-0.15, -0.1) is 0 Å². The molecule has 0 radical (unpaired) electrons. The van der Waals surface area contributed by atoms with Crippen molar-refractivity contribution >= 4 is 11.3 Å². The number of aliphatic hydroxyl groups excluding tert-OH is 1. The van der Waals surface area contributed by atoms with Crippen molar-refractivity contribution in [1.82, 2.24) is 0 Å². The lowest BCUT2D eigenvalue weighted by molar-refractivity contribution is -0.890. The number of benzene rings is 3. The maximum Gasteiger partial charge on any atom is 0.270 e. The highest BCUT2D eigenvalue weighted by molar-refractivity contribution is 5.88. The Kier molecular flexibility index (Phi) is 9.74. The smallest absolute Gasteiger partial charge is 0.270 e. The summed E-state index contributed by atoms with van der Waals surface area (Å²) < 4.78 is 6.95. The number of rotatable bonds is 10. The van der Waals surface area contributed by atoms with Crippen molar-refractivity contribution in [3.05, 3.63) is 125 Å². The lowest BCUT2D eigenvalue weighted by atomic mass is 9.95. The van der Waals surface area contributed by atoms with Gasteiger partial charge in [-0.05, 0) is 47.0 Å². The molecule has 0 saturated carbocycles. The SMILES string of the molecule is [C-]#[N+]C(C#N)=C(C(C#N)=CC=C1Oc2ccc(-c3ccccc3)cc2N1CCC[N+](C)(C)CCO)c1ccc(C#N)cc1. The fraction of sp³-hybridized carbons (Fsp3) is 0.200. The van der Waals surface area contributed by atoms with Crippen LogP contribution in [0.2, 0.25) is 0 Å². The highest BCUT2D eigenvalue weighted by atomic mass is 16.5. The van der Waals surface area contributed by atoms with Gasteiger partial charge in [-0.3, -0.25) is 0 Å². The van der Waals surface area contributed by atoms with Crippen LogP contribution in [0.15, 0.2) is 102 Å². The zero-order chi connectivity index (χ0) is 30.8. The lowest BCUT2D eigenvalue weighted by Gasteiger charge is -2.30. The molecule has 0 amide bonds. The molecule has 0 bridgehead atoms. The number of likely N-dealkylation sites (N-methyl/N-ethyl adjacent to an activating group) is 1. The largest absolute Gasteiger partial charge is 0.439 e. The average Bonchev–Trinajstić information content (AvgIpc) is 3.37. The second-order valence-corrected chi connectivity index (χ2v) is 10.6. The highest BCUT2D eigenvalue weighted by Crippen LogP contribution is 2.42. The molecule has 0 unspecified atom stereocenters. The Balaban J connectivity index is 1.75. The minimum atomic E-state index is -0.222. The topological polar surface area (TPSA) is 108 Å². The first-order valence-electron chi connectivity index (χ1n) is 13.8. The molecule has 0 saturated heterocycles. The first-order valence-corrected chi connectivity index (χ1v) is 13.8. The number of ether oxygens (including phenoxy) is 1. The van der Waals surface area contributed by atoms with E-state index in [9.17, 15) is 20.9 Å². The summed E-state index contributed by atoms with van der Waals surface area (Å²) in [5.41, 5.74) is 4.02. The molecule has 1 aliphatic heterocycles. The van der Waals surface area contributed by atoms with Crippen molar-refractivity contribution in [3.63, 3.8) is 0 Å². The number of aliphatic hydroxyl groups is 1. The maximum atomic E-state index is 10.1. The molecule has 1 aliphatic rings. The van der Waals surface area contributed by atoms with E-state index >= 15 is 0 Å². The molecule has 8 nitrogen and oxygen atoms in total. The van der Waals surface area contributed by atoms with Crippen molar-refractivity contribution in [3.8, 4) is 35.1 Å². The van der Waals surface area contributed by atoms with Crippen molar-refractivity contribution in [2.45, 2.75) is 6.42 Å². The summed E-state index contributed by atoms with van der Waals surface area (Å²) >= 11 is 0. The summed E-state index contributed by atoms with van der Waals surface area (Å²) in [7, 11) is 4.16. The Morgan fingerprint density at radius 2 is 1.72 bits per heavy atom. The monoisotopic (exact) mass is 567 g/mol. The second-order valence-electron chi connectivity index (χ2n) is 10.6. The molecule has 0 atom stereocenters. The number of allylic oxidation sites excluding steroid dienone is 5. The van der Waals surface area contributed by atoms with Crippen molar-refractivity contribution in [1.29, 1.82) is 15.8 Å². The summed E-state index contributed by atoms with van der Waals surface area (Å²) in [4.78, 5) is 5.44. The first kappa shape index (κ1) is 30.3. The van der Waals surface area contributed by atoms with Crippen LogP contribution in [0.25, 0.3) is 21.5 Å². The zero-order valence-corrected chi connectivity index (χ0v) is 24.2. The molecule has 1 heterocycles. The molecule has 0 spiro atoms. The van der Waals surface area contributed by atoms with E-state index in [1.807, 2.05) is 36.4 Å². The Bertz CT molecular complexity index is 1730. The number of nitriles is 3. The van der Waals surface area contributed by atoms with Crippen molar-refractivity contribution in [2.24, 2.45) is 0 Å². The van der Waals surface area contributed by atoms with Crippen LogP contribution < -0.4 is 9.64 Å². The second kappa shape index (κ2) is 13.8. The summed E-state index contributed by atoms with van der Waals surface area (Å²) in [5, 5.41) is 38.5. The Morgan fingerprint density at radius 1 is 0.977 bits per heavy atom. The van der Waals surface area contributed by atoms with Crippen LogP contribution >= 0.6 is 0 Å². The van der Waals surface area contributed by atoms with Crippen molar-refractivity contribution < 1.29 is 14.3 Å². The Labute approximate surface area is 252 Å². The summed E-state index contributed by atoms with van der Waals surface area (Å²) in [5.74, 6) is 1.20. The quantitative estimate of drug-likeness (QED) is 0.139. The van der Waals surface area contributed by atoms with Gasteiger partial charge in [0.05, 0.1) is 68.9 Å². The Hall–Kier alpha value is -5.64. The van der Waals surface area contributed by atoms with Crippen molar-refractivity contribution in [2.75, 3.05) is 45.2 Å². The number of fused-ring (bicyclic) bond motifs is 1. The van der Waals surface area contributed by atoms with Gasteiger partial charge in [-0.25, -0.2) is 10.1 Å². The average molecular weight is 568 g/mol. The van der Waals surface area contributed by atoms with Crippen LogP contribution in [0.4, 0.5) is 5.69 Å². The number of nitrogens with zero attached hydrogens (tertiary/aromatic N) is 6. The predicted molar refractivity (Wildman–Crippen MR) is 165 cm³/mol. The van der Waals surface area contributed by atoms with Gasteiger partial charge in [0.15, 0.2) is 5.75 Å². The standard InChI is InChI=1S/C35H31N6O2/c1-39-31(25-38)35(28-12-10-26(23-36)11-13-28)30(24-37)15-17-34-40(18-7-19-41(2,3)20-21-42)32-22-29(14-16-33(32)43-34)27-8-5-4-6-9-27/h4-6,8-17,22,42H,7,18-21H2,2-3H3/q+1. The van der Waals surface area contributed by atoms with E-state index in [0.29, 0.717) is 40.3 Å². The zero-order valence-electron chi connectivity index (χ0n) is 24.2. The molecule has 1 N–H and O–H groups in total. The molecule has 8 heteroatoms. The van der Waals surface area contributed by atoms with Crippen LogP contribution in [0.3, 0.4) is 0 Å². The van der Waals surface area contributed by atoms with Gasteiger partial charge in [0.2, 0.25) is 5.88 Å². The molecular formula is C35H31N6O2+. The van der Waals surface area contributed by atoms with Gasteiger partial charge in [0, 0.05) is 24.6 Å². The molecular weight excluding hydrogens is 536 g/mol. The van der Waals surface area contributed by atoms with E-state index in [2.05, 4.69) is 54.2 Å². The van der Waals surface area contributed by atoms with Gasteiger partial charge in [-0.2, -0.15) is 10.5 Å². The fourth-order valence-electron chi connectivity index (χ4n) is 4.90. The summed E-state index contributed by atoms with van der Waals surface area (Å²) in [6.45, 7) is 9.76. The summed E-state index contributed by atoms with van der Waals surface area (Å²) in [6, 6.07) is 28.6. The minimum Gasteiger partial charge on any atom is -0.439 e. The molecule has 4 rings (SSSR count). The van der Waals surface area contributed by atoms with Crippen LogP contribution in [-0.2, 0) is 0 Å².